The Morgan fingerprint density at radius 3 is 2.67 bits per heavy atom. The van der Waals surface area contributed by atoms with Gasteiger partial charge in [-0.25, -0.2) is 4.98 Å². The first-order chi connectivity index (χ1) is 6.79. The van der Waals surface area contributed by atoms with Crippen molar-refractivity contribution in [3.05, 3.63) is 40.0 Å². The highest BCUT2D eigenvalue weighted by Gasteiger charge is 2.21. The molecular formula is C10H12ClN2O2. The minimum absolute atomic E-state index is 0.00359. The summed E-state index contributed by atoms with van der Waals surface area (Å²) in [4.78, 5) is 14.2. The average Bonchev–Trinajstić information content (AvgIpc) is 1.99. The maximum atomic E-state index is 10.7. The Balaban J connectivity index is 3.13. The van der Waals surface area contributed by atoms with E-state index in [2.05, 4.69) is 11.9 Å². The van der Waals surface area contributed by atoms with Crippen LogP contribution in [0.4, 0.5) is 5.69 Å². The zero-order valence-electron chi connectivity index (χ0n) is 8.66. The van der Waals surface area contributed by atoms with Crippen molar-refractivity contribution in [3.63, 3.8) is 0 Å². The van der Waals surface area contributed by atoms with E-state index in [0.29, 0.717) is 12.1 Å². The van der Waals surface area contributed by atoms with Crippen LogP contribution in [-0.4, -0.2) is 9.91 Å². The van der Waals surface area contributed by atoms with E-state index in [1.807, 2.05) is 13.8 Å². The van der Waals surface area contributed by atoms with Gasteiger partial charge in [0.05, 0.1) is 4.92 Å². The van der Waals surface area contributed by atoms with Gasteiger partial charge in [-0.1, -0.05) is 25.4 Å². The lowest BCUT2D eigenvalue weighted by atomic mass is 9.90. The molecule has 0 spiro atoms. The van der Waals surface area contributed by atoms with Gasteiger partial charge in [0.25, 0.3) is 5.69 Å². The fourth-order valence-corrected chi connectivity index (χ4v) is 1.38. The average molecular weight is 228 g/mol. The highest BCUT2D eigenvalue weighted by molar-refractivity contribution is 6.29. The quantitative estimate of drug-likeness (QED) is 0.453. The molecule has 0 fully saturated rings. The van der Waals surface area contributed by atoms with Gasteiger partial charge in [-0.05, 0) is 18.4 Å². The van der Waals surface area contributed by atoms with Gasteiger partial charge in [0.15, 0.2) is 0 Å². The van der Waals surface area contributed by atoms with Gasteiger partial charge >= 0.3 is 0 Å². The second kappa shape index (κ2) is 4.14. The molecule has 0 aromatic carbocycles. The third-order valence-electron chi connectivity index (χ3n) is 1.76. The van der Waals surface area contributed by atoms with Crippen molar-refractivity contribution < 1.29 is 4.92 Å². The Morgan fingerprint density at radius 1 is 1.60 bits per heavy atom. The molecule has 0 saturated carbocycles. The van der Waals surface area contributed by atoms with Crippen molar-refractivity contribution in [1.82, 2.24) is 4.98 Å². The molecule has 1 heterocycles. The Labute approximate surface area is 93.4 Å². The lowest BCUT2D eigenvalue weighted by Gasteiger charge is -2.16. The predicted octanol–water partition coefficient (Wildman–Crippen LogP) is 3.05. The van der Waals surface area contributed by atoms with Crippen LogP contribution < -0.4 is 0 Å². The van der Waals surface area contributed by atoms with E-state index in [1.54, 1.807) is 0 Å². The zero-order chi connectivity index (χ0) is 11.6. The zero-order valence-corrected chi connectivity index (χ0v) is 9.41. The number of nitrogens with zero attached hydrogens (tertiary/aromatic N) is 2. The Bertz CT molecular complexity index is 385. The monoisotopic (exact) mass is 227 g/mol. The summed E-state index contributed by atoms with van der Waals surface area (Å²) in [5, 5.41) is 11.0. The van der Waals surface area contributed by atoms with E-state index >= 15 is 0 Å². The SMILES string of the molecule is [CH2]C(C)(C)Cc1nc(Cl)ccc1[N+](=O)[O-]. The van der Waals surface area contributed by atoms with Gasteiger partial charge < -0.3 is 0 Å². The molecule has 1 radical (unpaired) electrons. The van der Waals surface area contributed by atoms with Crippen molar-refractivity contribution in [3.8, 4) is 0 Å². The van der Waals surface area contributed by atoms with Gasteiger partial charge in [-0.2, -0.15) is 0 Å². The fraction of sp³-hybridized carbons (Fsp3) is 0.400. The van der Waals surface area contributed by atoms with Crippen LogP contribution in [0.5, 0.6) is 0 Å². The highest BCUT2D eigenvalue weighted by Crippen LogP contribution is 2.26. The van der Waals surface area contributed by atoms with Crippen LogP contribution in [0.2, 0.25) is 5.15 Å². The van der Waals surface area contributed by atoms with Gasteiger partial charge in [-0.3, -0.25) is 10.1 Å². The van der Waals surface area contributed by atoms with Crippen molar-refractivity contribution >= 4 is 17.3 Å². The normalized spacial score (nSPS) is 11.5. The summed E-state index contributed by atoms with van der Waals surface area (Å²) < 4.78 is 0. The second-order valence-corrected chi connectivity index (χ2v) is 4.59. The van der Waals surface area contributed by atoms with Crippen LogP contribution in [-0.2, 0) is 6.42 Å². The van der Waals surface area contributed by atoms with E-state index in [-0.39, 0.29) is 16.3 Å². The number of aromatic nitrogens is 1. The molecule has 15 heavy (non-hydrogen) atoms. The third kappa shape index (κ3) is 3.47. The van der Waals surface area contributed by atoms with Crippen LogP contribution in [0.1, 0.15) is 19.5 Å². The van der Waals surface area contributed by atoms with Crippen LogP contribution in [0.3, 0.4) is 0 Å². The first kappa shape index (κ1) is 11.9. The standard InChI is InChI=1S/C10H12ClN2O2/c1-10(2,3)6-7-8(13(14)15)4-5-9(11)12-7/h4-5H,1,6H2,2-3H3. The Kier molecular flexibility index (Phi) is 3.29. The van der Waals surface area contributed by atoms with Gasteiger partial charge in [0, 0.05) is 12.5 Å². The molecule has 0 atom stereocenters. The summed E-state index contributed by atoms with van der Waals surface area (Å²) in [6, 6.07) is 2.79. The van der Waals surface area contributed by atoms with Crippen LogP contribution >= 0.6 is 11.6 Å². The molecule has 0 aliphatic carbocycles. The molecule has 4 nitrogen and oxygen atoms in total. The largest absolute Gasteiger partial charge is 0.290 e. The summed E-state index contributed by atoms with van der Waals surface area (Å²) >= 11 is 5.70. The van der Waals surface area contributed by atoms with Crippen LogP contribution in [0, 0.1) is 22.5 Å². The molecule has 1 rings (SSSR count). The maximum Gasteiger partial charge on any atom is 0.290 e. The number of nitro groups is 1. The summed E-state index contributed by atoms with van der Waals surface area (Å²) in [5.41, 5.74) is 0.0752. The van der Waals surface area contributed by atoms with E-state index in [9.17, 15) is 10.1 Å². The van der Waals surface area contributed by atoms with Crippen LogP contribution in [0.15, 0.2) is 12.1 Å². The third-order valence-corrected chi connectivity index (χ3v) is 1.97. The molecule has 0 amide bonds. The summed E-state index contributed by atoms with van der Waals surface area (Å²) in [7, 11) is 0. The number of pyridine rings is 1. The highest BCUT2D eigenvalue weighted by atomic mass is 35.5. The van der Waals surface area contributed by atoms with Crippen molar-refractivity contribution in [2.24, 2.45) is 5.41 Å². The van der Waals surface area contributed by atoms with Crippen molar-refractivity contribution in [2.45, 2.75) is 20.3 Å². The molecule has 81 valence electrons. The molecule has 5 heteroatoms. The number of halogens is 1. The van der Waals surface area contributed by atoms with E-state index in [0.717, 1.165) is 0 Å². The second-order valence-electron chi connectivity index (χ2n) is 4.20. The molecule has 0 N–H and O–H groups in total. The van der Waals surface area contributed by atoms with E-state index in [1.165, 1.54) is 12.1 Å². The maximum absolute atomic E-state index is 10.7. The summed E-state index contributed by atoms with van der Waals surface area (Å²) in [5.74, 6) is 0. The van der Waals surface area contributed by atoms with Gasteiger partial charge in [0.1, 0.15) is 10.8 Å². The number of rotatable bonds is 3. The minimum Gasteiger partial charge on any atom is -0.258 e. The molecule has 1 aromatic heterocycles. The van der Waals surface area contributed by atoms with Crippen LogP contribution in [0.25, 0.3) is 0 Å². The number of hydrogen-bond donors (Lipinski definition) is 0. The number of hydrogen-bond acceptors (Lipinski definition) is 3. The molecule has 0 aliphatic heterocycles. The van der Waals surface area contributed by atoms with Crippen molar-refractivity contribution in [2.75, 3.05) is 0 Å². The Hall–Kier alpha value is -1.16. The lowest BCUT2D eigenvalue weighted by Crippen LogP contribution is -2.12. The smallest absolute Gasteiger partial charge is 0.258 e. The first-order valence-electron chi connectivity index (χ1n) is 4.45. The Morgan fingerprint density at radius 2 is 2.20 bits per heavy atom. The predicted molar refractivity (Wildman–Crippen MR) is 58.7 cm³/mol. The van der Waals surface area contributed by atoms with E-state index in [4.69, 9.17) is 11.6 Å². The summed E-state index contributed by atoms with van der Waals surface area (Å²) in [6.45, 7) is 7.67. The topological polar surface area (TPSA) is 56.0 Å². The van der Waals surface area contributed by atoms with Gasteiger partial charge in [-0.15, -0.1) is 0 Å². The molecular weight excluding hydrogens is 216 g/mol. The minimum atomic E-state index is -0.454. The van der Waals surface area contributed by atoms with Crippen molar-refractivity contribution in [1.29, 1.82) is 0 Å². The molecule has 0 unspecified atom stereocenters. The molecule has 0 bridgehead atoms. The van der Waals surface area contributed by atoms with Gasteiger partial charge in [0.2, 0.25) is 0 Å². The van der Waals surface area contributed by atoms with E-state index < -0.39 is 4.92 Å². The first-order valence-corrected chi connectivity index (χ1v) is 4.82. The fourth-order valence-electron chi connectivity index (χ4n) is 1.22. The molecule has 0 saturated heterocycles. The summed E-state index contributed by atoms with van der Waals surface area (Å²) in [6.07, 6.45) is 0.421. The molecule has 1 aromatic rings. The molecule has 0 aliphatic rings. The lowest BCUT2D eigenvalue weighted by molar-refractivity contribution is -0.386.